The molecule has 0 atom stereocenters. The molecular weight excluding hydrogens is 614 g/mol. The molecular formula is C35H38F2N10O. The van der Waals surface area contributed by atoms with Gasteiger partial charge in [0.25, 0.3) is 5.91 Å². The van der Waals surface area contributed by atoms with E-state index in [0.29, 0.717) is 71.1 Å². The van der Waals surface area contributed by atoms with E-state index < -0.39 is 17.6 Å². The van der Waals surface area contributed by atoms with E-state index in [1.165, 1.54) is 23.0 Å². The van der Waals surface area contributed by atoms with E-state index in [2.05, 4.69) is 36.5 Å². The molecule has 4 aromatic rings. The number of likely N-dealkylation sites (N-methyl/N-ethyl adjacent to an activating group) is 1. The molecule has 0 bridgehead atoms. The number of aromatic nitrogens is 2. The van der Waals surface area contributed by atoms with Gasteiger partial charge in [-0.2, -0.15) is 10.5 Å². The minimum atomic E-state index is -1.00. The molecule has 2 aromatic carbocycles. The third-order valence-electron chi connectivity index (χ3n) is 9.16. The molecule has 13 heteroatoms. The van der Waals surface area contributed by atoms with E-state index in [1.54, 1.807) is 30.3 Å². The van der Waals surface area contributed by atoms with Gasteiger partial charge in [0.1, 0.15) is 16.9 Å². The Morgan fingerprint density at radius 1 is 1.15 bits per heavy atom. The van der Waals surface area contributed by atoms with Gasteiger partial charge in [-0.25, -0.2) is 19.6 Å². The molecule has 0 radical (unpaired) electrons. The first-order chi connectivity index (χ1) is 23.1. The number of nitrogens with zero attached hydrogens (tertiary/aromatic N) is 8. The van der Waals surface area contributed by atoms with Gasteiger partial charge in [0.05, 0.1) is 23.4 Å². The lowest BCUT2D eigenvalue weighted by atomic mass is 9.96. The Kier molecular flexibility index (Phi) is 10.0. The van der Waals surface area contributed by atoms with Crippen LogP contribution in [0.25, 0.3) is 32.9 Å². The van der Waals surface area contributed by atoms with Crippen molar-refractivity contribution >= 4 is 44.8 Å². The first kappa shape index (κ1) is 34.0. The largest absolute Gasteiger partial charge is 0.394 e. The summed E-state index contributed by atoms with van der Waals surface area (Å²) < 4.78 is 30.3. The number of halogens is 2. The van der Waals surface area contributed by atoms with E-state index in [4.69, 9.17) is 21.8 Å². The number of rotatable bonds is 7. The monoisotopic (exact) mass is 652 g/mol. The van der Waals surface area contributed by atoms with Crippen molar-refractivity contribution in [3.8, 4) is 23.4 Å². The standard InChI is InChI=1S/C33H35F2N9O.C2H3N/c1-4-41(3)23-17-43(18-23)32-28(37)31(44(38)22-11-13-42(14-12-22)33(45)19(2)34)25-16-39-29(27(35)30(25)40-32)24-10-6-8-20-7-5-9-21(15-36)26(20)24;1-2-3/h5-10,16,22-23H,2,4,11-14,17-18,37-38H2,1,3H3;1H3. The fourth-order valence-corrected chi connectivity index (χ4v) is 6.38. The maximum atomic E-state index is 16.8. The Labute approximate surface area is 278 Å². The highest BCUT2D eigenvalue weighted by Crippen LogP contribution is 2.43. The molecule has 0 unspecified atom stereocenters. The summed E-state index contributed by atoms with van der Waals surface area (Å²) in [6.07, 6.45) is 2.42. The van der Waals surface area contributed by atoms with Crippen molar-refractivity contribution in [3.63, 3.8) is 0 Å². The number of carbonyl (C=O) groups excluding carboxylic acids is 1. The molecule has 2 saturated heterocycles. The van der Waals surface area contributed by atoms with Crippen molar-refractivity contribution in [2.75, 3.05) is 55.4 Å². The number of anilines is 3. The summed E-state index contributed by atoms with van der Waals surface area (Å²) in [5.74, 6) is 4.83. The minimum Gasteiger partial charge on any atom is -0.394 e. The summed E-state index contributed by atoms with van der Waals surface area (Å²) >= 11 is 0. The van der Waals surface area contributed by atoms with Crippen LogP contribution in [0.2, 0.25) is 0 Å². The second kappa shape index (κ2) is 14.2. The zero-order chi connectivity index (χ0) is 34.7. The normalized spacial score (nSPS) is 15.0. The predicted octanol–water partition coefficient (Wildman–Crippen LogP) is 4.87. The SMILES string of the molecule is C=C(F)C(=O)N1CCC(N(N)c2c(N)c(N3CC(N(C)CC)C3)nc3c(F)c(-c4cccc5cccc(C#N)c45)ncc23)CC1.CC#N. The lowest BCUT2D eigenvalue weighted by Crippen LogP contribution is -2.59. The number of amides is 1. The van der Waals surface area contributed by atoms with Gasteiger partial charge in [0.15, 0.2) is 17.5 Å². The quantitative estimate of drug-likeness (QED) is 0.161. The molecule has 0 spiro atoms. The van der Waals surface area contributed by atoms with Gasteiger partial charge >= 0.3 is 0 Å². The molecule has 6 rings (SSSR count). The number of likely N-dealkylation sites (tertiary alicyclic amines) is 1. The van der Waals surface area contributed by atoms with Crippen LogP contribution in [0.4, 0.5) is 26.0 Å². The predicted molar refractivity (Wildman–Crippen MR) is 184 cm³/mol. The molecule has 11 nitrogen and oxygen atoms in total. The van der Waals surface area contributed by atoms with Crippen LogP contribution in [-0.4, -0.2) is 77.5 Å². The van der Waals surface area contributed by atoms with Crippen LogP contribution in [0.1, 0.15) is 32.3 Å². The topological polar surface area (TPSA) is 155 Å². The summed E-state index contributed by atoms with van der Waals surface area (Å²) in [6.45, 7) is 9.43. The van der Waals surface area contributed by atoms with Crippen molar-refractivity contribution in [2.45, 2.75) is 38.8 Å². The van der Waals surface area contributed by atoms with Gasteiger partial charge in [-0.15, -0.1) is 0 Å². The lowest BCUT2D eigenvalue weighted by Gasteiger charge is -2.45. The number of hydrogen-bond donors (Lipinski definition) is 2. The number of hydrogen-bond acceptors (Lipinski definition) is 10. The Morgan fingerprint density at radius 2 is 1.79 bits per heavy atom. The fourth-order valence-electron chi connectivity index (χ4n) is 6.38. The number of nitriles is 2. The number of piperidine rings is 1. The molecule has 0 saturated carbocycles. The van der Waals surface area contributed by atoms with Gasteiger partial charge in [-0.1, -0.05) is 43.8 Å². The number of carbonyl (C=O) groups is 1. The number of fused-ring (bicyclic) bond motifs is 2. The average Bonchev–Trinajstić information content (AvgIpc) is 3.07. The van der Waals surface area contributed by atoms with E-state index in [-0.39, 0.29) is 30.3 Å². The van der Waals surface area contributed by atoms with Crippen molar-refractivity contribution in [2.24, 2.45) is 5.84 Å². The van der Waals surface area contributed by atoms with E-state index in [9.17, 15) is 14.4 Å². The molecule has 2 aromatic heterocycles. The third-order valence-corrected chi connectivity index (χ3v) is 9.16. The van der Waals surface area contributed by atoms with Crippen molar-refractivity contribution in [3.05, 3.63) is 66.4 Å². The number of nitrogen functional groups attached to an aromatic ring is 1. The van der Waals surface area contributed by atoms with Crippen LogP contribution < -0.4 is 21.5 Å². The Hall–Kier alpha value is -5.37. The first-order valence-corrected chi connectivity index (χ1v) is 15.7. The Morgan fingerprint density at radius 3 is 2.40 bits per heavy atom. The number of pyridine rings is 2. The van der Waals surface area contributed by atoms with E-state index in [0.717, 1.165) is 11.9 Å². The summed E-state index contributed by atoms with van der Waals surface area (Å²) in [7, 11) is 2.05. The van der Waals surface area contributed by atoms with E-state index >= 15 is 4.39 Å². The molecule has 1 amide bonds. The number of benzene rings is 2. The van der Waals surface area contributed by atoms with Crippen LogP contribution in [0.3, 0.4) is 0 Å². The number of nitrogens with two attached hydrogens (primary N) is 2. The van der Waals surface area contributed by atoms with E-state index in [1.807, 2.05) is 17.0 Å². The lowest BCUT2D eigenvalue weighted by molar-refractivity contribution is -0.129. The van der Waals surface area contributed by atoms with Gasteiger partial charge in [0, 0.05) is 67.7 Å². The van der Waals surface area contributed by atoms with Gasteiger partial charge in [-0.3, -0.25) is 9.78 Å². The van der Waals surface area contributed by atoms with Gasteiger partial charge in [0.2, 0.25) is 0 Å². The molecule has 2 fully saturated rings. The first-order valence-electron chi connectivity index (χ1n) is 15.7. The van der Waals surface area contributed by atoms with Gasteiger partial charge < -0.3 is 25.4 Å². The van der Waals surface area contributed by atoms with Crippen molar-refractivity contribution < 1.29 is 13.6 Å². The summed E-state index contributed by atoms with van der Waals surface area (Å²) in [5, 5.41) is 20.4. The highest BCUT2D eigenvalue weighted by molar-refractivity contribution is 6.05. The third kappa shape index (κ3) is 6.18. The fraction of sp³-hybridized carbons (Fsp3) is 0.343. The summed E-state index contributed by atoms with van der Waals surface area (Å²) in [5.41, 5.74) is 8.53. The second-order valence-electron chi connectivity index (χ2n) is 11.9. The Bertz CT molecular complexity index is 1950. The van der Waals surface area contributed by atoms with Crippen LogP contribution >= 0.6 is 0 Å². The number of hydrazine groups is 1. The maximum Gasteiger partial charge on any atom is 0.281 e. The molecule has 4 heterocycles. The van der Waals surface area contributed by atoms with Crippen molar-refractivity contribution in [1.82, 2.24) is 19.8 Å². The smallest absolute Gasteiger partial charge is 0.281 e. The highest BCUT2D eigenvalue weighted by Gasteiger charge is 2.35. The molecule has 2 aliphatic rings. The molecule has 248 valence electrons. The average molecular weight is 653 g/mol. The van der Waals surface area contributed by atoms with Crippen LogP contribution in [0.5, 0.6) is 0 Å². The van der Waals surface area contributed by atoms with Gasteiger partial charge in [-0.05, 0) is 37.9 Å². The zero-order valence-electron chi connectivity index (χ0n) is 27.2. The van der Waals surface area contributed by atoms with Crippen LogP contribution in [-0.2, 0) is 4.79 Å². The van der Waals surface area contributed by atoms with Crippen LogP contribution in [0.15, 0.2) is 55.0 Å². The minimum absolute atomic E-state index is 0.0646. The second-order valence-corrected chi connectivity index (χ2v) is 11.9. The molecule has 48 heavy (non-hydrogen) atoms. The zero-order valence-corrected chi connectivity index (χ0v) is 27.2. The van der Waals surface area contributed by atoms with Crippen LogP contribution in [0, 0.1) is 28.5 Å². The molecule has 2 aliphatic heterocycles. The molecule has 0 aliphatic carbocycles. The van der Waals surface area contributed by atoms with Crippen molar-refractivity contribution in [1.29, 1.82) is 10.5 Å². The summed E-state index contributed by atoms with van der Waals surface area (Å²) in [6, 6.07) is 14.8. The summed E-state index contributed by atoms with van der Waals surface area (Å²) in [4.78, 5) is 27.1. The maximum absolute atomic E-state index is 16.8. The molecule has 4 N–H and O–H groups in total. The highest BCUT2D eigenvalue weighted by atomic mass is 19.1. The Balaban J connectivity index is 0.00000145.